The summed E-state index contributed by atoms with van der Waals surface area (Å²) in [5.41, 5.74) is 0.915. The summed E-state index contributed by atoms with van der Waals surface area (Å²) in [6.07, 6.45) is 9.52. The third-order valence-corrected chi connectivity index (χ3v) is 6.81. The summed E-state index contributed by atoms with van der Waals surface area (Å²) in [5.74, 6) is 1.33. The van der Waals surface area contributed by atoms with Crippen molar-refractivity contribution >= 4 is 21.8 Å². The molecule has 7 nitrogen and oxygen atoms in total. The van der Waals surface area contributed by atoms with Crippen molar-refractivity contribution in [2.45, 2.75) is 64.0 Å². The Morgan fingerprint density at radius 1 is 1.22 bits per heavy atom. The molecule has 1 unspecified atom stereocenters. The molecule has 4 rings (SSSR count). The van der Waals surface area contributed by atoms with Crippen molar-refractivity contribution < 1.29 is 14.1 Å². The summed E-state index contributed by atoms with van der Waals surface area (Å²) in [6.45, 7) is 3.65. The van der Waals surface area contributed by atoms with Crippen LogP contribution in [0.1, 0.15) is 57.3 Å². The highest BCUT2D eigenvalue weighted by molar-refractivity contribution is 9.10. The molecule has 1 N–H and O–H groups in total. The zero-order valence-corrected chi connectivity index (χ0v) is 20.2. The van der Waals surface area contributed by atoms with Gasteiger partial charge in [0.25, 0.3) is 0 Å². The number of hydrogen-bond donors (Lipinski definition) is 1. The lowest BCUT2D eigenvalue weighted by molar-refractivity contribution is -0.126. The van der Waals surface area contributed by atoms with E-state index >= 15 is 0 Å². The maximum absolute atomic E-state index is 12.6. The molecular formula is C24H33BrN4O3. The quantitative estimate of drug-likeness (QED) is 0.503. The first-order valence-electron chi connectivity index (χ1n) is 11.9. The molecular weight excluding hydrogens is 472 g/mol. The smallest absolute Gasteiger partial charge is 0.241 e. The van der Waals surface area contributed by atoms with Gasteiger partial charge in [0.05, 0.1) is 18.6 Å². The van der Waals surface area contributed by atoms with Crippen LogP contribution in [0.15, 0.2) is 33.3 Å². The molecule has 1 aromatic heterocycles. The normalized spacial score (nSPS) is 20.3. The van der Waals surface area contributed by atoms with E-state index in [0.717, 1.165) is 49.0 Å². The Balaban J connectivity index is 1.18. The number of aromatic nitrogens is 2. The molecule has 1 saturated carbocycles. The van der Waals surface area contributed by atoms with Crippen molar-refractivity contribution in [1.82, 2.24) is 20.4 Å². The molecule has 1 amide bonds. The van der Waals surface area contributed by atoms with Gasteiger partial charge in [0.15, 0.2) is 0 Å². The van der Waals surface area contributed by atoms with Gasteiger partial charge in [0, 0.05) is 29.7 Å². The van der Waals surface area contributed by atoms with Gasteiger partial charge in [-0.15, -0.1) is 0 Å². The number of nitrogens with zero attached hydrogens (tertiary/aromatic N) is 3. The van der Waals surface area contributed by atoms with Gasteiger partial charge in [-0.1, -0.05) is 52.5 Å². The van der Waals surface area contributed by atoms with Gasteiger partial charge >= 0.3 is 0 Å². The van der Waals surface area contributed by atoms with Gasteiger partial charge in [-0.05, 0) is 50.8 Å². The van der Waals surface area contributed by atoms with Crippen molar-refractivity contribution in [3.05, 3.63) is 34.6 Å². The van der Waals surface area contributed by atoms with Gasteiger partial charge in [-0.2, -0.15) is 4.98 Å². The second-order valence-corrected chi connectivity index (χ2v) is 9.79. The van der Waals surface area contributed by atoms with Crippen LogP contribution in [0.5, 0.6) is 0 Å². The topological polar surface area (TPSA) is 80.5 Å². The second kappa shape index (κ2) is 11.9. The van der Waals surface area contributed by atoms with Crippen molar-refractivity contribution in [2.24, 2.45) is 5.92 Å². The van der Waals surface area contributed by atoms with E-state index in [9.17, 15) is 4.79 Å². The number of nitrogens with one attached hydrogen (secondary N) is 1. The number of ether oxygens (including phenoxy) is 1. The lowest BCUT2D eigenvalue weighted by atomic mass is 9.97. The maximum atomic E-state index is 12.6. The first kappa shape index (κ1) is 23.4. The van der Waals surface area contributed by atoms with Gasteiger partial charge < -0.3 is 14.6 Å². The van der Waals surface area contributed by atoms with Crippen molar-refractivity contribution in [3.63, 3.8) is 0 Å². The van der Waals surface area contributed by atoms with E-state index in [1.54, 1.807) is 0 Å². The highest BCUT2D eigenvalue weighted by atomic mass is 79.9. The predicted molar refractivity (Wildman–Crippen MR) is 126 cm³/mol. The SMILES string of the molecule is O=C(NCCCOC1CCCCC1)C1CCCN(Cc2nc(-c3cccc(Br)c3)no2)C1. The summed E-state index contributed by atoms with van der Waals surface area (Å²) in [4.78, 5) is 19.4. The van der Waals surface area contributed by atoms with E-state index in [2.05, 4.69) is 36.3 Å². The van der Waals surface area contributed by atoms with Gasteiger partial charge in [0.2, 0.25) is 17.6 Å². The van der Waals surface area contributed by atoms with E-state index in [-0.39, 0.29) is 11.8 Å². The van der Waals surface area contributed by atoms with Crippen molar-refractivity contribution in [2.75, 3.05) is 26.2 Å². The minimum atomic E-state index is 0.00971. The number of likely N-dealkylation sites (tertiary alicyclic amines) is 1. The number of halogens is 1. The number of amides is 1. The minimum absolute atomic E-state index is 0.00971. The van der Waals surface area contributed by atoms with Gasteiger partial charge in [-0.3, -0.25) is 9.69 Å². The molecule has 8 heteroatoms. The van der Waals surface area contributed by atoms with Crippen LogP contribution < -0.4 is 5.32 Å². The Bertz CT molecular complexity index is 868. The van der Waals surface area contributed by atoms with Crippen LogP contribution in [-0.4, -0.2) is 53.3 Å². The predicted octanol–water partition coefficient (Wildman–Crippen LogP) is 4.57. The average molecular weight is 505 g/mol. The molecule has 0 radical (unpaired) electrons. The van der Waals surface area contributed by atoms with E-state index in [4.69, 9.17) is 9.26 Å². The van der Waals surface area contributed by atoms with Gasteiger partial charge in [0.1, 0.15) is 0 Å². The fourth-order valence-corrected chi connectivity index (χ4v) is 4.98. The van der Waals surface area contributed by atoms with E-state index in [1.165, 1.54) is 32.1 Å². The van der Waals surface area contributed by atoms with Crippen LogP contribution in [0.3, 0.4) is 0 Å². The van der Waals surface area contributed by atoms with Crippen LogP contribution in [0.25, 0.3) is 11.4 Å². The van der Waals surface area contributed by atoms with E-state index in [0.29, 0.717) is 30.9 Å². The van der Waals surface area contributed by atoms with Crippen molar-refractivity contribution in [1.29, 1.82) is 0 Å². The Labute approximate surface area is 198 Å². The van der Waals surface area contributed by atoms with Crippen LogP contribution in [0, 0.1) is 5.92 Å². The molecule has 2 fully saturated rings. The largest absolute Gasteiger partial charge is 0.378 e. The fourth-order valence-electron chi connectivity index (χ4n) is 4.58. The Hall–Kier alpha value is -1.77. The molecule has 2 aliphatic rings. The molecule has 174 valence electrons. The molecule has 32 heavy (non-hydrogen) atoms. The molecule has 2 heterocycles. The van der Waals surface area contributed by atoms with Crippen LogP contribution in [-0.2, 0) is 16.1 Å². The van der Waals surface area contributed by atoms with Crippen LogP contribution >= 0.6 is 15.9 Å². The summed E-state index contributed by atoms with van der Waals surface area (Å²) in [6, 6.07) is 7.84. The Kier molecular flexibility index (Phi) is 8.70. The molecule has 1 aliphatic heterocycles. The van der Waals surface area contributed by atoms with Gasteiger partial charge in [-0.25, -0.2) is 0 Å². The summed E-state index contributed by atoms with van der Waals surface area (Å²) >= 11 is 3.47. The third-order valence-electron chi connectivity index (χ3n) is 6.31. The molecule has 1 saturated heterocycles. The maximum Gasteiger partial charge on any atom is 0.241 e. The summed E-state index contributed by atoms with van der Waals surface area (Å²) < 4.78 is 12.4. The number of piperidine rings is 1. The molecule has 1 atom stereocenters. The third kappa shape index (κ3) is 6.86. The lowest BCUT2D eigenvalue weighted by Gasteiger charge is -2.30. The van der Waals surface area contributed by atoms with Crippen LogP contribution in [0.4, 0.5) is 0 Å². The van der Waals surface area contributed by atoms with E-state index in [1.807, 2.05) is 24.3 Å². The lowest BCUT2D eigenvalue weighted by Crippen LogP contribution is -2.43. The Morgan fingerprint density at radius 2 is 2.09 bits per heavy atom. The minimum Gasteiger partial charge on any atom is -0.378 e. The molecule has 0 spiro atoms. The van der Waals surface area contributed by atoms with Crippen LogP contribution in [0.2, 0.25) is 0 Å². The highest BCUT2D eigenvalue weighted by Crippen LogP contribution is 2.23. The Morgan fingerprint density at radius 3 is 2.94 bits per heavy atom. The monoisotopic (exact) mass is 504 g/mol. The fraction of sp³-hybridized carbons (Fsp3) is 0.625. The summed E-state index contributed by atoms with van der Waals surface area (Å²) in [5, 5.41) is 7.22. The second-order valence-electron chi connectivity index (χ2n) is 8.87. The average Bonchev–Trinajstić information content (AvgIpc) is 3.28. The number of hydrogen-bond acceptors (Lipinski definition) is 6. The zero-order valence-electron chi connectivity index (χ0n) is 18.6. The first-order chi connectivity index (χ1) is 15.7. The van der Waals surface area contributed by atoms with E-state index < -0.39 is 0 Å². The summed E-state index contributed by atoms with van der Waals surface area (Å²) in [7, 11) is 0. The molecule has 1 aromatic carbocycles. The first-order valence-corrected chi connectivity index (χ1v) is 12.7. The zero-order chi connectivity index (χ0) is 22.2. The number of rotatable bonds is 9. The highest BCUT2D eigenvalue weighted by Gasteiger charge is 2.26. The number of benzene rings is 1. The molecule has 0 bridgehead atoms. The number of carbonyl (C=O) groups is 1. The molecule has 2 aromatic rings. The number of carbonyl (C=O) groups excluding carboxylic acids is 1. The van der Waals surface area contributed by atoms with Crippen molar-refractivity contribution in [3.8, 4) is 11.4 Å². The standard InChI is InChI=1S/C24H33BrN4O3/c25-20-9-4-7-18(15-20)23-27-22(32-28-23)17-29-13-5-8-19(16-29)24(30)26-12-6-14-31-21-10-2-1-3-11-21/h4,7,9,15,19,21H,1-3,5-6,8,10-14,16-17H2,(H,26,30). The molecule has 1 aliphatic carbocycles.